The molecule has 7 atom stereocenters. The number of rotatable bonds is 1. The maximum absolute atomic E-state index is 13.3. The van der Waals surface area contributed by atoms with Gasteiger partial charge in [-0.15, -0.1) is 0 Å². The molecule has 136 valence electrons. The lowest BCUT2D eigenvalue weighted by atomic mass is 9.44. The third kappa shape index (κ3) is 2.12. The Morgan fingerprint density at radius 2 is 1.80 bits per heavy atom. The second-order valence-electron chi connectivity index (χ2n) is 9.61. The van der Waals surface area contributed by atoms with Crippen LogP contribution >= 0.6 is 0 Å². The van der Waals surface area contributed by atoms with E-state index in [0.717, 1.165) is 32.1 Å². The van der Waals surface area contributed by atoms with Crippen LogP contribution in [0.5, 0.6) is 0 Å². The summed E-state index contributed by atoms with van der Waals surface area (Å²) in [5, 5.41) is 8.28. The fraction of sp³-hybridized carbons (Fsp3) is 0.810. The van der Waals surface area contributed by atoms with Gasteiger partial charge in [0.25, 0.3) is 0 Å². The summed E-state index contributed by atoms with van der Waals surface area (Å²) in [6.45, 7) is 6.01. The number of carbonyl (C=O) groups excluding carboxylic acids is 3. The number of fused-ring (bicyclic) bond motifs is 5. The highest BCUT2D eigenvalue weighted by molar-refractivity contribution is 6.40. The van der Waals surface area contributed by atoms with Crippen LogP contribution in [0.15, 0.2) is 0 Å². The van der Waals surface area contributed by atoms with Crippen molar-refractivity contribution in [3.63, 3.8) is 0 Å². The van der Waals surface area contributed by atoms with Crippen molar-refractivity contribution in [3.05, 3.63) is 0 Å². The van der Waals surface area contributed by atoms with Crippen LogP contribution in [0.1, 0.15) is 65.7 Å². The third-order valence-corrected chi connectivity index (χ3v) is 8.58. The van der Waals surface area contributed by atoms with Crippen molar-refractivity contribution in [3.8, 4) is 0 Å². The van der Waals surface area contributed by atoms with Gasteiger partial charge in [-0.05, 0) is 61.7 Å². The minimum absolute atomic E-state index is 0.0217. The molecule has 25 heavy (non-hydrogen) atoms. The Kier molecular flexibility index (Phi) is 3.66. The lowest BCUT2D eigenvalue weighted by Gasteiger charge is -2.58. The van der Waals surface area contributed by atoms with E-state index in [1.807, 2.05) is 0 Å². The molecule has 1 unspecified atom stereocenters. The molecular weight excluding hydrogens is 314 g/mol. The highest BCUT2D eigenvalue weighted by atomic mass is 16.1. The molecule has 4 aliphatic rings. The first-order valence-corrected chi connectivity index (χ1v) is 9.85. The van der Waals surface area contributed by atoms with Gasteiger partial charge in [-0.3, -0.25) is 14.4 Å². The molecule has 4 rings (SSSR count). The normalized spacial score (nSPS) is 49.4. The minimum atomic E-state index is -0.235. The first kappa shape index (κ1) is 17.1. The molecule has 0 radical (unpaired) electrons. The van der Waals surface area contributed by atoms with E-state index in [0.29, 0.717) is 30.5 Å². The lowest BCUT2D eigenvalue weighted by molar-refractivity contribution is -0.155. The molecule has 4 aliphatic carbocycles. The Hall–Kier alpha value is -1.32. The number of hydrogen-bond acceptors (Lipinski definition) is 4. The Balaban J connectivity index is 1.72. The van der Waals surface area contributed by atoms with Gasteiger partial charge in [0.2, 0.25) is 0 Å². The predicted molar refractivity (Wildman–Crippen MR) is 94.4 cm³/mol. The molecular formula is C21H29NO3. The maximum atomic E-state index is 13.3. The Morgan fingerprint density at radius 1 is 1.08 bits per heavy atom. The van der Waals surface area contributed by atoms with Gasteiger partial charge in [0, 0.05) is 30.6 Å². The molecule has 0 aromatic rings. The Labute approximate surface area is 149 Å². The second kappa shape index (κ2) is 5.34. The summed E-state index contributed by atoms with van der Waals surface area (Å²) >= 11 is 0. The largest absolute Gasteiger partial charge is 0.301 e. The highest BCUT2D eigenvalue weighted by Gasteiger charge is 2.64. The van der Waals surface area contributed by atoms with E-state index in [9.17, 15) is 14.4 Å². The molecule has 1 N–H and O–H groups in total. The molecule has 0 amide bonds. The molecule has 0 aromatic carbocycles. The summed E-state index contributed by atoms with van der Waals surface area (Å²) in [5.41, 5.74) is -0.146. The van der Waals surface area contributed by atoms with Gasteiger partial charge in [0.1, 0.15) is 11.6 Å². The van der Waals surface area contributed by atoms with E-state index >= 15 is 0 Å². The summed E-state index contributed by atoms with van der Waals surface area (Å²) in [6.07, 6.45) is 5.41. The van der Waals surface area contributed by atoms with Gasteiger partial charge < -0.3 is 5.41 Å². The number of nitrogens with one attached hydrogen (secondary N) is 1. The fourth-order valence-corrected chi connectivity index (χ4v) is 7.49. The van der Waals surface area contributed by atoms with Crippen molar-refractivity contribution in [2.24, 2.45) is 40.4 Å². The Bertz CT molecular complexity index is 683. The zero-order valence-electron chi connectivity index (χ0n) is 15.6. The van der Waals surface area contributed by atoms with E-state index in [-0.39, 0.29) is 45.9 Å². The number of Topliss-reactive ketones (excluding diaryl/α,β-unsaturated/α-hetero) is 3. The van der Waals surface area contributed by atoms with Gasteiger partial charge in [-0.25, -0.2) is 0 Å². The molecule has 0 spiro atoms. The van der Waals surface area contributed by atoms with Crippen molar-refractivity contribution in [2.75, 3.05) is 0 Å². The minimum Gasteiger partial charge on any atom is -0.301 e. The standard InChI is InChI=1S/C21H29NO3/c1-11(23)13-6-7-14-12-4-5-15-19(22)16(24)8-9-20(15,2)18(12)17(25)10-21(13,14)3/h12-15,18,22H,4-10H2,1-3H3/t12-,13+,14-,15?,18+,20-,21+/m0/s1. The first-order chi connectivity index (χ1) is 11.7. The number of hydrogen-bond donors (Lipinski definition) is 1. The van der Waals surface area contributed by atoms with Crippen LogP contribution in [0.25, 0.3) is 0 Å². The van der Waals surface area contributed by atoms with E-state index < -0.39 is 0 Å². The van der Waals surface area contributed by atoms with Gasteiger partial charge >= 0.3 is 0 Å². The molecule has 4 saturated carbocycles. The summed E-state index contributed by atoms with van der Waals surface area (Å²) in [5.74, 6) is 1.24. The zero-order chi connectivity index (χ0) is 18.1. The van der Waals surface area contributed by atoms with E-state index in [4.69, 9.17) is 5.41 Å². The lowest BCUT2D eigenvalue weighted by Crippen LogP contribution is -2.59. The first-order valence-electron chi connectivity index (χ1n) is 9.85. The van der Waals surface area contributed by atoms with Gasteiger partial charge in [-0.2, -0.15) is 0 Å². The van der Waals surface area contributed by atoms with Crippen LogP contribution in [-0.4, -0.2) is 23.1 Å². The van der Waals surface area contributed by atoms with Crippen molar-refractivity contribution >= 4 is 23.1 Å². The van der Waals surface area contributed by atoms with Gasteiger partial charge in [0.15, 0.2) is 5.78 Å². The fourth-order valence-electron chi connectivity index (χ4n) is 7.49. The SMILES string of the molecule is CC(=O)[C@H]1CC[C@H]2[C@@H]3CCC4C(=N)C(=O)CC[C@]4(C)[C@H]3C(=O)C[C@]12C. The average Bonchev–Trinajstić information content (AvgIpc) is 2.88. The van der Waals surface area contributed by atoms with Crippen molar-refractivity contribution in [1.29, 1.82) is 5.41 Å². The topological polar surface area (TPSA) is 75.1 Å². The van der Waals surface area contributed by atoms with Crippen LogP contribution in [0.4, 0.5) is 0 Å². The van der Waals surface area contributed by atoms with Crippen LogP contribution in [0, 0.1) is 45.8 Å². The smallest absolute Gasteiger partial charge is 0.176 e. The zero-order valence-corrected chi connectivity index (χ0v) is 15.6. The molecule has 4 fully saturated rings. The van der Waals surface area contributed by atoms with Crippen molar-refractivity contribution in [1.82, 2.24) is 0 Å². The highest BCUT2D eigenvalue weighted by Crippen LogP contribution is 2.65. The monoisotopic (exact) mass is 343 g/mol. The molecule has 0 aromatic heterocycles. The third-order valence-electron chi connectivity index (χ3n) is 8.58. The molecule has 4 nitrogen and oxygen atoms in total. The molecule has 0 aliphatic heterocycles. The van der Waals surface area contributed by atoms with Crippen LogP contribution in [-0.2, 0) is 14.4 Å². The van der Waals surface area contributed by atoms with E-state index in [1.54, 1.807) is 6.92 Å². The van der Waals surface area contributed by atoms with Crippen LogP contribution in [0.3, 0.4) is 0 Å². The van der Waals surface area contributed by atoms with Gasteiger partial charge in [0.05, 0.1) is 5.71 Å². The van der Waals surface area contributed by atoms with E-state index in [2.05, 4.69) is 13.8 Å². The molecule has 4 heteroatoms. The summed E-state index contributed by atoms with van der Waals surface area (Å²) < 4.78 is 0. The number of carbonyl (C=O) groups is 3. The molecule has 0 bridgehead atoms. The molecule has 0 saturated heterocycles. The Morgan fingerprint density at radius 3 is 2.48 bits per heavy atom. The quantitative estimate of drug-likeness (QED) is 0.790. The van der Waals surface area contributed by atoms with Crippen LogP contribution in [0.2, 0.25) is 0 Å². The average molecular weight is 343 g/mol. The van der Waals surface area contributed by atoms with Crippen molar-refractivity contribution in [2.45, 2.75) is 65.7 Å². The summed E-state index contributed by atoms with van der Waals surface area (Å²) in [4.78, 5) is 37.5. The van der Waals surface area contributed by atoms with Crippen molar-refractivity contribution < 1.29 is 14.4 Å². The summed E-state index contributed by atoms with van der Waals surface area (Å²) in [6, 6.07) is 0. The second-order valence-corrected chi connectivity index (χ2v) is 9.61. The maximum Gasteiger partial charge on any atom is 0.176 e. The van der Waals surface area contributed by atoms with Crippen LogP contribution < -0.4 is 0 Å². The molecule has 0 heterocycles. The summed E-state index contributed by atoms with van der Waals surface area (Å²) in [7, 11) is 0. The number of ketones is 3. The van der Waals surface area contributed by atoms with Gasteiger partial charge in [-0.1, -0.05) is 13.8 Å². The predicted octanol–water partition coefficient (Wildman–Crippen LogP) is 3.61. The van der Waals surface area contributed by atoms with E-state index in [1.165, 1.54) is 0 Å².